The van der Waals surface area contributed by atoms with Crippen LogP contribution < -0.4 is 5.32 Å². The fourth-order valence-corrected chi connectivity index (χ4v) is 3.56. The van der Waals surface area contributed by atoms with Crippen molar-refractivity contribution in [3.63, 3.8) is 0 Å². The van der Waals surface area contributed by atoms with Gasteiger partial charge in [-0.05, 0) is 37.5 Å². The summed E-state index contributed by atoms with van der Waals surface area (Å²) in [5.74, 6) is 0.167. The Kier molecular flexibility index (Phi) is 6.72. The molecule has 1 N–H and O–H groups in total. The van der Waals surface area contributed by atoms with Gasteiger partial charge in [0.15, 0.2) is 0 Å². The van der Waals surface area contributed by atoms with E-state index in [2.05, 4.69) is 29.3 Å². The highest BCUT2D eigenvalue weighted by molar-refractivity contribution is 6.30. The van der Waals surface area contributed by atoms with Crippen LogP contribution in [0.4, 0.5) is 0 Å². The molecule has 1 unspecified atom stereocenters. The van der Waals surface area contributed by atoms with Crippen LogP contribution in [0.1, 0.15) is 25.3 Å². The average Bonchev–Trinajstić information content (AvgIpc) is 2.51. The molecule has 4 nitrogen and oxygen atoms in total. The summed E-state index contributed by atoms with van der Waals surface area (Å²) in [6.07, 6.45) is 2.79. The number of nitrogens with one attached hydrogen (secondary N) is 1. The molecule has 0 bridgehead atoms. The van der Waals surface area contributed by atoms with Crippen molar-refractivity contribution in [2.75, 3.05) is 19.7 Å². The van der Waals surface area contributed by atoms with E-state index in [4.69, 9.17) is 16.3 Å². The van der Waals surface area contributed by atoms with Gasteiger partial charge in [-0.2, -0.15) is 0 Å². The molecular formula is C17H24Cl2N2O2. The maximum atomic E-state index is 11.7. The van der Waals surface area contributed by atoms with Crippen LogP contribution in [0.25, 0.3) is 0 Å². The maximum absolute atomic E-state index is 11.7. The van der Waals surface area contributed by atoms with Crippen molar-refractivity contribution < 1.29 is 9.53 Å². The third-order valence-corrected chi connectivity index (χ3v) is 4.84. The number of nitrogens with zero attached hydrogens (tertiary/aromatic N) is 1. The number of piperidine rings is 1. The second-order valence-corrected chi connectivity index (χ2v) is 6.76. The first kappa shape index (κ1) is 18.5. The Hall–Kier alpha value is -0.810. The van der Waals surface area contributed by atoms with Crippen LogP contribution in [0.3, 0.4) is 0 Å². The van der Waals surface area contributed by atoms with Crippen LogP contribution in [-0.2, 0) is 16.0 Å². The highest BCUT2D eigenvalue weighted by Crippen LogP contribution is 2.24. The molecule has 3 atom stereocenters. The van der Waals surface area contributed by atoms with Crippen molar-refractivity contribution in [2.45, 2.75) is 44.4 Å². The van der Waals surface area contributed by atoms with Gasteiger partial charge in [0, 0.05) is 36.6 Å². The number of halogens is 2. The summed E-state index contributed by atoms with van der Waals surface area (Å²) in [4.78, 5) is 14.2. The van der Waals surface area contributed by atoms with Crippen LogP contribution >= 0.6 is 24.0 Å². The second kappa shape index (κ2) is 8.34. The van der Waals surface area contributed by atoms with E-state index in [1.54, 1.807) is 0 Å². The minimum atomic E-state index is 0. The molecular weight excluding hydrogens is 335 g/mol. The Labute approximate surface area is 148 Å². The van der Waals surface area contributed by atoms with E-state index in [1.165, 1.54) is 5.56 Å². The lowest BCUT2D eigenvalue weighted by Crippen LogP contribution is -2.57. The molecule has 2 aliphatic rings. The van der Waals surface area contributed by atoms with E-state index in [-0.39, 0.29) is 24.4 Å². The van der Waals surface area contributed by atoms with Crippen LogP contribution in [0, 0.1) is 0 Å². The topological polar surface area (TPSA) is 41.6 Å². The Morgan fingerprint density at radius 3 is 2.78 bits per heavy atom. The van der Waals surface area contributed by atoms with Gasteiger partial charge in [-0.1, -0.05) is 23.7 Å². The Morgan fingerprint density at radius 1 is 1.35 bits per heavy atom. The van der Waals surface area contributed by atoms with Gasteiger partial charge in [0.2, 0.25) is 5.91 Å². The van der Waals surface area contributed by atoms with Gasteiger partial charge in [-0.25, -0.2) is 0 Å². The molecule has 0 aromatic heterocycles. The molecule has 1 aromatic rings. The van der Waals surface area contributed by atoms with Crippen molar-refractivity contribution in [3.8, 4) is 0 Å². The van der Waals surface area contributed by atoms with Gasteiger partial charge in [0.25, 0.3) is 0 Å². The van der Waals surface area contributed by atoms with Crippen molar-refractivity contribution in [2.24, 2.45) is 0 Å². The summed E-state index contributed by atoms with van der Waals surface area (Å²) in [5, 5.41) is 3.68. The average molecular weight is 359 g/mol. The van der Waals surface area contributed by atoms with Crippen molar-refractivity contribution in [3.05, 3.63) is 34.9 Å². The van der Waals surface area contributed by atoms with Gasteiger partial charge in [-0.3, -0.25) is 9.69 Å². The Balaban J connectivity index is 0.00000192. The predicted octanol–water partition coefficient (Wildman–Crippen LogP) is 2.67. The SMILES string of the molecule is C[C@H]1CN(C2CCNC(=O)C2)[C@@H](Cc2ccc(Cl)cc2)CO1.Cl. The minimum Gasteiger partial charge on any atom is -0.376 e. The third kappa shape index (κ3) is 4.83. The number of amides is 1. The number of benzene rings is 1. The standard InChI is InChI=1S/C17H23ClN2O2.ClH/c1-12-10-20(15-6-7-19-17(21)9-15)16(11-22-12)8-13-2-4-14(18)5-3-13;/h2-5,12,15-16H,6-11H2,1H3,(H,19,21);1H/t12-,15?,16-;/m0./s1. The second-order valence-electron chi connectivity index (χ2n) is 6.32. The van der Waals surface area contributed by atoms with Gasteiger partial charge in [0.1, 0.15) is 0 Å². The van der Waals surface area contributed by atoms with E-state index in [0.29, 0.717) is 18.5 Å². The van der Waals surface area contributed by atoms with Crippen molar-refractivity contribution in [1.82, 2.24) is 10.2 Å². The van der Waals surface area contributed by atoms with Crippen LogP contribution in [0.2, 0.25) is 5.02 Å². The highest BCUT2D eigenvalue weighted by atomic mass is 35.5. The molecule has 0 spiro atoms. The molecule has 2 aliphatic heterocycles. The van der Waals surface area contributed by atoms with Crippen LogP contribution in [0.5, 0.6) is 0 Å². The number of carbonyl (C=O) groups is 1. The first-order valence-corrected chi connectivity index (χ1v) is 8.38. The molecule has 23 heavy (non-hydrogen) atoms. The molecule has 6 heteroatoms. The summed E-state index contributed by atoms with van der Waals surface area (Å²) in [6.45, 7) is 4.51. The van der Waals surface area contributed by atoms with Gasteiger partial charge in [-0.15, -0.1) is 12.4 Å². The number of hydrogen-bond donors (Lipinski definition) is 1. The summed E-state index contributed by atoms with van der Waals surface area (Å²) in [5.41, 5.74) is 1.26. The zero-order chi connectivity index (χ0) is 15.5. The molecule has 128 valence electrons. The normalized spacial score (nSPS) is 28.8. The first-order valence-electron chi connectivity index (χ1n) is 8.00. The third-order valence-electron chi connectivity index (χ3n) is 4.58. The quantitative estimate of drug-likeness (QED) is 0.902. The number of morpholine rings is 1. The number of carbonyl (C=O) groups excluding carboxylic acids is 1. The molecule has 2 fully saturated rings. The summed E-state index contributed by atoms with van der Waals surface area (Å²) >= 11 is 5.96. The molecule has 2 heterocycles. The van der Waals surface area contributed by atoms with Crippen molar-refractivity contribution >= 4 is 29.9 Å². The van der Waals surface area contributed by atoms with E-state index in [9.17, 15) is 4.79 Å². The molecule has 0 radical (unpaired) electrons. The minimum absolute atomic E-state index is 0. The molecule has 1 amide bonds. The van der Waals surface area contributed by atoms with E-state index in [0.717, 1.165) is 37.6 Å². The zero-order valence-corrected chi connectivity index (χ0v) is 14.9. The lowest BCUT2D eigenvalue weighted by Gasteiger charge is -2.44. The summed E-state index contributed by atoms with van der Waals surface area (Å²) in [7, 11) is 0. The van der Waals surface area contributed by atoms with Crippen LogP contribution in [-0.4, -0.2) is 48.7 Å². The highest BCUT2D eigenvalue weighted by Gasteiger charge is 2.34. The van der Waals surface area contributed by atoms with Gasteiger partial charge in [0.05, 0.1) is 12.7 Å². The van der Waals surface area contributed by atoms with E-state index < -0.39 is 0 Å². The largest absolute Gasteiger partial charge is 0.376 e. The molecule has 3 rings (SSSR count). The number of hydrogen-bond acceptors (Lipinski definition) is 3. The van der Waals surface area contributed by atoms with Gasteiger partial charge >= 0.3 is 0 Å². The smallest absolute Gasteiger partial charge is 0.221 e. The number of ether oxygens (including phenoxy) is 1. The molecule has 0 aliphatic carbocycles. The summed E-state index contributed by atoms with van der Waals surface area (Å²) < 4.78 is 5.87. The lowest BCUT2D eigenvalue weighted by atomic mass is 9.97. The number of rotatable bonds is 3. The van der Waals surface area contributed by atoms with Crippen molar-refractivity contribution in [1.29, 1.82) is 0 Å². The van der Waals surface area contributed by atoms with Crippen LogP contribution in [0.15, 0.2) is 24.3 Å². The van der Waals surface area contributed by atoms with E-state index in [1.807, 2.05) is 12.1 Å². The molecule has 1 aromatic carbocycles. The van der Waals surface area contributed by atoms with Gasteiger partial charge < -0.3 is 10.1 Å². The fraction of sp³-hybridized carbons (Fsp3) is 0.588. The summed E-state index contributed by atoms with van der Waals surface area (Å²) in [6, 6.07) is 8.67. The predicted molar refractivity (Wildman–Crippen MR) is 94.3 cm³/mol. The monoisotopic (exact) mass is 358 g/mol. The van der Waals surface area contributed by atoms with E-state index >= 15 is 0 Å². The zero-order valence-electron chi connectivity index (χ0n) is 13.3. The fourth-order valence-electron chi connectivity index (χ4n) is 3.44. The molecule has 2 saturated heterocycles. The first-order chi connectivity index (χ1) is 10.6. The lowest BCUT2D eigenvalue weighted by molar-refractivity contribution is -0.127. The molecule has 0 saturated carbocycles. The Bertz CT molecular complexity index is 524. The maximum Gasteiger partial charge on any atom is 0.221 e. The Morgan fingerprint density at radius 2 is 2.09 bits per heavy atom.